The highest BCUT2D eigenvalue weighted by Crippen LogP contribution is 2.47. The normalized spacial score (nSPS) is 17.0. The maximum Gasteiger partial charge on any atom is 0.00113 e. The molecule has 0 heteroatoms. The van der Waals surface area contributed by atoms with E-state index in [1.54, 1.807) is 0 Å². The third-order valence-corrected chi connectivity index (χ3v) is 4.64. The van der Waals surface area contributed by atoms with Crippen molar-refractivity contribution < 1.29 is 0 Å². The van der Waals surface area contributed by atoms with Crippen LogP contribution in [0.2, 0.25) is 0 Å². The second-order valence-corrected chi connectivity index (χ2v) is 6.26. The molecule has 0 amide bonds. The Balaban J connectivity index is 1.96. The Hall–Kier alpha value is -2.86. The van der Waals surface area contributed by atoms with Crippen molar-refractivity contribution in [2.24, 2.45) is 5.92 Å². The van der Waals surface area contributed by atoms with Gasteiger partial charge in [-0.05, 0) is 33.4 Å². The molecule has 24 heavy (non-hydrogen) atoms. The Bertz CT molecular complexity index is 885. The van der Waals surface area contributed by atoms with E-state index in [2.05, 4.69) is 104 Å². The molecule has 1 aliphatic rings. The van der Waals surface area contributed by atoms with Crippen LogP contribution < -0.4 is 0 Å². The Morgan fingerprint density at radius 1 is 0.542 bits per heavy atom. The number of hydrogen-bond donors (Lipinski definition) is 0. The number of hydrogen-bond acceptors (Lipinski definition) is 0. The lowest BCUT2D eigenvalue weighted by molar-refractivity contribution is 0.983. The van der Waals surface area contributed by atoms with Gasteiger partial charge in [0.05, 0.1) is 0 Å². The van der Waals surface area contributed by atoms with Crippen molar-refractivity contribution in [1.82, 2.24) is 0 Å². The highest BCUT2D eigenvalue weighted by Gasteiger charge is 2.26. The first-order valence-electron chi connectivity index (χ1n) is 8.47. The van der Waals surface area contributed by atoms with Gasteiger partial charge in [-0.3, -0.25) is 0 Å². The van der Waals surface area contributed by atoms with Crippen LogP contribution in [-0.4, -0.2) is 0 Å². The van der Waals surface area contributed by atoms with Crippen LogP contribution in [0, 0.1) is 5.92 Å². The molecule has 0 fully saturated rings. The summed E-state index contributed by atoms with van der Waals surface area (Å²) in [6, 6.07) is 32.2. The van der Waals surface area contributed by atoms with Crippen LogP contribution in [0.4, 0.5) is 0 Å². The number of allylic oxidation sites excluding steroid dienone is 4. The Morgan fingerprint density at radius 3 is 1.54 bits per heavy atom. The zero-order valence-corrected chi connectivity index (χ0v) is 13.8. The fourth-order valence-electron chi connectivity index (χ4n) is 3.59. The van der Waals surface area contributed by atoms with Gasteiger partial charge in [-0.25, -0.2) is 0 Å². The van der Waals surface area contributed by atoms with Gasteiger partial charge < -0.3 is 0 Å². The van der Waals surface area contributed by atoms with E-state index in [0.717, 1.165) is 0 Å². The molecule has 0 nitrogen and oxygen atoms in total. The van der Waals surface area contributed by atoms with E-state index in [1.807, 2.05) is 0 Å². The molecule has 0 radical (unpaired) electrons. The van der Waals surface area contributed by atoms with Gasteiger partial charge in [0.25, 0.3) is 0 Å². The van der Waals surface area contributed by atoms with E-state index in [0.29, 0.717) is 5.92 Å². The summed E-state index contributed by atoms with van der Waals surface area (Å²) in [5, 5.41) is 0. The molecule has 0 aliphatic heterocycles. The van der Waals surface area contributed by atoms with E-state index < -0.39 is 0 Å². The molecule has 0 spiro atoms. The maximum absolute atomic E-state index is 2.40. The molecular weight excluding hydrogens is 288 g/mol. The Labute approximate surface area is 143 Å². The molecule has 1 aliphatic carbocycles. The van der Waals surface area contributed by atoms with Crippen molar-refractivity contribution in [3.8, 4) is 0 Å². The van der Waals surface area contributed by atoms with Gasteiger partial charge in [-0.15, -0.1) is 0 Å². The first-order valence-corrected chi connectivity index (χ1v) is 8.47. The predicted molar refractivity (Wildman–Crippen MR) is 103 cm³/mol. The standard InChI is InChI=1S/C24H20/c1-18-17-22(19-11-5-2-6-12-19)24(21-15-9-4-10-16-21)23(18)20-13-7-3-8-14-20/h2-18H,1H3. The SMILES string of the molecule is CC1C=C(c2ccccc2)C(c2ccccc2)=C1c1ccccc1. The van der Waals surface area contributed by atoms with Crippen molar-refractivity contribution in [1.29, 1.82) is 0 Å². The molecule has 0 bridgehead atoms. The Kier molecular flexibility index (Phi) is 3.88. The third kappa shape index (κ3) is 2.61. The first kappa shape index (κ1) is 14.7. The van der Waals surface area contributed by atoms with Crippen LogP contribution in [0.3, 0.4) is 0 Å². The zero-order valence-electron chi connectivity index (χ0n) is 13.8. The van der Waals surface area contributed by atoms with Crippen LogP contribution in [-0.2, 0) is 0 Å². The first-order chi connectivity index (χ1) is 11.8. The average Bonchev–Trinajstić information content (AvgIpc) is 3.01. The Morgan fingerprint density at radius 2 is 1.00 bits per heavy atom. The van der Waals surface area contributed by atoms with Gasteiger partial charge in [0.15, 0.2) is 0 Å². The van der Waals surface area contributed by atoms with Crippen molar-refractivity contribution in [2.45, 2.75) is 6.92 Å². The van der Waals surface area contributed by atoms with E-state index in [1.165, 1.54) is 33.4 Å². The highest BCUT2D eigenvalue weighted by molar-refractivity contribution is 6.18. The fraction of sp³-hybridized carbons (Fsp3) is 0.0833. The molecular formula is C24H20. The second-order valence-electron chi connectivity index (χ2n) is 6.26. The quantitative estimate of drug-likeness (QED) is 0.530. The molecule has 0 N–H and O–H groups in total. The minimum Gasteiger partial charge on any atom is -0.0687 e. The van der Waals surface area contributed by atoms with Gasteiger partial charge >= 0.3 is 0 Å². The predicted octanol–water partition coefficient (Wildman–Crippen LogP) is 6.33. The largest absolute Gasteiger partial charge is 0.0687 e. The summed E-state index contributed by atoms with van der Waals surface area (Å²) in [6.07, 6.45) is 2.40. The molecule has 0 aromatic heterocycles. The topological polar surface area (TPSA) is 0 Å². The summed E-state index contributed by atoms with van der Waals surface area (Å²) in [5.74, 6) is 0.401. The molecule has 3 aromatic rings. The maximum atomic E-state index is 2.40. The minimum atomic E-state index is 0.401. The molecule has 4 rings (SSSR count). The average molecular weight is 308 g/mol. The van der Waals surface area contributed by atoms with E-state index in [9.17, 15) is 0 Å². The minimum absolute atomic E-state index is 0.401. The molecule has 0 saturated heterocycles. The van der Waals surface area contributed by atoms with Gasteiger partial charge in [0.2, 0.25) is 0 Å². The van der Waals surface area contributed by atoms with Crippen molar-refractivity contribution in [3.63, 3.8) is 0 Å². The lowest BCUT2D eigenvalue weighted by Gasteiger charge is -2.15. The number of benzene rings is 3. The van der Waals surface area contributed by atoms with Crippen LogP contribution >= 0.6 is 0 Å². The van der Waals surface area contributed by atoms with Crippen LogP contribution in [0.1, 0.15) is 23.6 Å². The summed E-state index contributed by atoms with van der Waals surface area (Å²) in [4.78, 5) is 0. The highest BCUT2D eigenvalue weighted by atomic mass is 14.3. The molecule has 3 aromatic carbocycles. The number of rotatable bonds is 3. The van der Waals surface area contributed by atoms with Gasteiger partial charge in [-0.1, -0.05) is 104 Å². The van der Waals surface area contributed by atoms with Crippen LogP contribution in [0.15, 0.2) is 97.1 Å². The van der Waals surface area contributed by atoms with Crippen molar-refractivity contribution >= 4 is 16.7 Å². The van der Waals surface area contributed by atoms with Gasteiger partial charge in [-0.2, -0.15) is 0 Å². The van der Waals surface area contributed by atoms with Gasteiger partial charge in [0.1, 0.15) is 0 Å². The monoisotopic (exact) mass is 308 g/mol. The summed E-state index contributed by atoms with van der Waals surface area (Å²) in [5.41, 5.74) is 8.00. The summed E-state index contributed by atoms with van der Waals surface area (Å²) in [7, 11) is 0. The molecule has 0 saturated carbocycles. The lowest BCUT2D eigenvalue weighted by Crippen LogP contribution is -1.94. The molecule has 116 valence electrons. The lowest BCUT2D eigenvalue weighted by atomic mass is 9.89. The van der Waals surface area contributed by atoms with Crippen LogP contribution in [0.5, 0.6) is 0 Å². The molecule has 0 heterocycles. The fourth-order valence-corrected chi connectivity index (χ4v) is 3.59. The van der Waals surface area contributed by atoms with Crippen LogP contribution in [0.25, 0.3) is 16.7 Å². The molecule has 1 unspecified atom stereocenters. The summed E-state index contributed by atoms with van der Waals surface area (Å²) >= 11 is 0. The summed E-state index contributed by atoms with van der Waals surface area (Å²) in [6.45, 7) is 2.29. The van der Waals surface area contributed by atoms with E-state index in [-0.39, 0.29) is 0 Å². The van der Waals surface area contributed by atoms with Crippen molar-refractivity contribution in [3.05, 3.63) is 114 Å². The summed E-state index contributed by atoms with van der Waals surface area (Å²) < 4.78 is 0. The third-order valence-electron chi connectivity index (χ3n) is 4.64. The van der Waals surface area contributed by atoms with E-state index in [4.69, 9.17) is 0 Å². The zero-order chi connectivity index (χ0) is 16.4. The van der Waals surface area contributed by atoms with Gasteiger partial charge in [0, 0.05) is 5.92 Å². The second kappa shape index (κ2) is 6.33. The smallest absolute Gasteiger partial charge is 0.00113 e. The molecule has 1 atom stereocenters. The van der Waals surface area contributed by atoms with E-state index >= 15 is 0 Å². The van der Waals surface area contributed by atoms with Crippen molar-refractivity contribution in [2.75, 3.05) is 0 Å².